The van der Waals surface area contributed by atoms with Crippen molar-refractivity contribution < 1.29 is 9.59 Å². The highest BCUT2D eigenvalue weighted by molar-refractivity contribution is 5.93. The smallest absolute Gasteiger partial charge is 0.225 e. The fraction of sp³-hybridized carbons (Fsp3) is 0.467. The molecule has 20 heavy (non-hydrogen) atoms. The van der Waals surface area contributed by atoms with Crippen molar-refractivity contribution in [3.8, 4) is 0 Å². The van der Waals surface area contributed by atoms with Crippen molar-refractivity contribution in [3.63, 3.8) is 0 Å². The van der Waals surface area contributed by atoms with E-state index in [1.165, 1.54) is 6.92 Å². The number of aryl methyl sites for hydroxylation is 1. The summed E-state index contributed by atoms with van der Waals surface area (Å²) >= 11 is 0. The Hall–Kier alpha value is -1.88. The van der Waals surface area contributed by atoms with Crippen LogP contribution in [0, 0.1) is 12.8 Å². The van der Waals surface area contributed by atoms with Gasteiger partial charge in [-0.05, 0) is 49.4 Å². The normalized spacial score (nSPS) is 15.6. The van der Waals surface area contributed by atoms with E-state index >= 15 is 0 Å². The maximum atomic E-state index is 11.9. The Morgan fingerprint density at radius 3 is 2.60 bits per heavy atom. The second-order valence-corrected chi connectivity index (χ2v) is 5.46. The molecule has 2 amide bonds. The molecule has 5 heteroatoms. The Balaban J connectivity index is 1.93. The van der Waals surface area contributed by atoms with E-state index in [-0.39, 0.29) is 17.9 Å². The van der Waals surface area contributed by atoms with Crippen LogP contribution in [0.1, 0.15) is 31.7 Å². The maximum Gasteiger partial charge on any atom is 0.225 e. The summed E-state index contributed by atoms with van der Waals surface area (Å²) in [6.45, 7) is 3.35. The molecule has 0 saturated heterocycles. The molecule has 1 saturated carbocycles. The summed E-state index contributed by atoms with van der Waals surface area (Å²) in [6.07, 6.45) is 2.63. The fourth-order valence-electron chi connectivity index (χ4n) is 2.19. The number of benzene rings is 1. The van der Waals surface area contributed by atoms with Crippen LogP contribution in [0.3, 0.4) is 0 Å². The van der Waals surface area contributed by atoms with Crippen molar-refractivity contribution >= 4 is 23.2 Å². The highest BCUT2D eigenvalue weighted by Gasteiger charge is 2.29. The van der Waals surface area contributed by atoms with Gasteiger partial charge in [0.15, 0.2) is 0 Å². The molecule has 5 nitrogen and oxygen atoms in total. The van der Waals surface area contributed by atoms with E-state index in [4.69, 9.17) is 5.73 Å². The van der Waals surface area contributed by atoms with E-state index in [0.29, 0.717) is 12.3 Å². The molecule has 108 valence electrons. The lowest BCUT2D eigenvalue weighted by atomic mass is 10.1. The highest BCUT2D eigenvalue weighted by atomic mass is 16.2. The van der Waals surface area contributed by atoms with Crippen molar-refractivity contribution in [1.82, 2.24) is 0 Å². The van der Waals surface area contributed by atoms with Gasteiger partial charge < -0.3 is 16.4 Å². The molecule has 1 atom stereocenters. The lowest BCUT2D eigenvalue weighted by molar-refractivity contribution is -0.116. The van der Waals surface area contributed by atoms with Crippen LogP contribution < -0.4 is 16.4 Å². The monoisotopic (exact) mass is 275 g/mol. The summed E-state index contributed by atoms with van der Waals surface area (Å²) in [5.41, 5.74) is 8.32. The Bertz CT molecular complexity index is 524. The first-order valence-corrected chi connectivity index (χ1v) is 6.89. The lowest BCUT2D eigenvalue weighted by Gasteiger charge is -2.12. The molecule has 1 fully saturated rings. The molecule has 2 rings (SSSR count). The summed E-state index contributed by atoms with van der Waals surface area (Å²) in [5, 5.41) is 5.58. The van der Waals surface area contributed by atoms with Gasteiger partial charge in [-0.15, -0.1) is 0 Å². The predicted octanol–water partition coefficient (Wildman–Crippen LogP) is 2.02. The molecule has 1 unspecified atom stereocenters. The van der Waals surface area contributed by atoms with E-state index in [1.807, 2.05) is 13.0 Å². The van der Waals surface area contributed by atoms with Crippen LogP contribution in [0.5, 0.6) is 0 Å². The van der Waals surface area contributed by atoms with Gasteiger partial charge in [0.1, 0.15) is 0 Å². The zero-order valence-corrected chi connectivity index (χ0v) is 11.9. The van der Waals surface area contributed by atoms with Crippen molar-refractivity contribution in [1.29, 1.82) is 0 Å². The molecular formula is C15H21N3O2. The first-order valence-electron chi connectivity index (χ1n) is 6.89. The standard InChI is InChI=1S/C15H21N3O2/c1-9-7-12(5-6-14(9)17-10(2)19)18-15(20)8-13(16)11-3-4-11/h5-7,11,13H,3-4,8,16H2,1-2H3,(H,17,19)(H,18,20). The zero-order valence-electron chi connectivity index (χ0n) is 11.9. The van der Waals surface area contributed by atoms with Crippen molar-refractivity contribution in [3.05, 3.63) is 23.8 Å². The molecule has 0 bridgehead atoms. The number of carbonyl (C=O) groups excluding carboxylic acids is 2. The number of anilines is 2. The number of carbonyl (C=O) groups is 2. The van der Waals surface area contributed by atoms with E-state index < -0.39 is 0 Å². The summed E-state index contributed by atoms with van der Waals surface area (Å²) in [5.74, 6) is 0.348. The zero-order chi connectivity index (χ0) is 14.7. The SMILES string of the molecule is CC(=O)Nc1ccc(NC(=O)CC(N)C2CC2)cc1C. The van der Waals surface area contributed by atoms with Gasteiger partial charge >= 0.3 is 0 Å². The molecule has 1 aromatic carbocycles. The largest absolute Gasteiger partial charge is 0.327 e. The van der Waals surface area contributed by atoms with Crippen LogP contribution in [0.2, 0.25) is 0 Å². The number of rotatable bonds is 5. The number of nitrogens with two attached hydrogens (primary N) is 1. The van der Waals surface area contributed by atoms with E-state index in [0.717, 1.165) is 29.8 Å². The number of amides is 2. The fourth-order valence-corrected chi connectivity index (χ4v) is 2.19. The van der Waals surface area contributed by atoms with Crippen LogP contribution in [-0.2, 0) is 9.59 Å². The van der Waals surface area contributed by atoms with Gasteiger partial charge in [0.05, 0.1) is 0 Å². The average Bonchev–Trinajstić information content (AvgIpc) is 3.16. The second-order valence-electron chi connectivity index (χ2n) is 5.46. The molecule has 0 radical (unpaired) electrons. The lowest BCUT2D eigenvalue weighted by Crippen LogP contribution is -2.28. The van der Waals surface area contributed by atoms with Gasteiger partial charge in [-0.2, -0.15) is 0 Å². The molecule has 0 heterocycles. The summed E-state index contributed by atoms with van der Waals surface area (Å²) < 4.78 is 0. The summed E-state index contributed by atoms with van der Waals surface area (Å²) in [7, 11) is 0. The van der Waals surface area contributed by atoms with Gasteiger partial charge in [-0.25, -0.2) is 0 Å². The van der Waals surface area contributed by atoms with Crippen LogP contribution in [0.25, 0.3) is 0 Å². The van der Waals surface area contributed by atoms with E-state index in [9.17, 15) is 9.59 Å². The minimum atomic E-state index is -0.111. The van der Waals surface area contributed by atoms with Crippen LogP contribution in [0.15, 0.2) is 18.2 Å². The number of hydrogen-bond acceptors (Lipinski definition) is 3. The first-order chi connectivity index (χ1) is 9.45. The van der Waals surface area contributed by atoms with E-state index in [2.05, 4.69) is 10.6 Å². The minimum absolute atomic E-state index is 0.0326. The van der Waals surface area contributed by atoms with Gasteiger partial charge in [0, 0.05) is 30.8 Å². The van der Waals surface area contributed by atoms with Crippen LogP contribution >= 0.6 is 0 Å². The predicted molar refractivity (Wildman–Crippen MR) is 79.4 cm³/mol. The topological polar surface area (TPSA) is 84.2 Å². The molecular weight excluding hydrogens is 254 g/mol. The first kappa shape index (κ1) is 14.5. The molecule has 1 aromatic rings. The van der Waals surface area contributed by atoms with Crippen molar-refractivity contribution in [2.45, 2.75) is 39.2 Å². The molecule has 1 aliphatic rings. The Morgan fingerprint density at radius 1 is 1.35 bits per heavy atom. The quantitative estimate of drug-likeness (QED) is 0.768. The highest BCUT2D eigenvalue weighted by Crippen LogP contribution is 2.32. The third-order valence-corrected chi connectivity index (χ3v) is 3.47. The summed E-state index contributed by atoms with van der Waals surface area (Å²) in [4.78, 5) is 22.9. The van der Waals surface area contributed by atoms with Crippen LogP contribution in [0.4, 0.5) is 11.4 Å². The summed E-state index contributed by atoms with van der Waals surface area (Å²) in [6, 6.07) is 5.37. The third-order valence-electron chi connectivity index (χ3n) is 3.47. The third kappa shape index (κ3) is 4.06. The Labute approximate surface area is 118 Å². The van der Waals surface area contributed by atoms with Gasteiger partial charge in [0.2, 0.25) is 11.8 Å². The van der Waals surface area contributed by atoms with Crippen LogP contribution in [-0.4, -0.2) is 17.9 Å². The number of hydrogen-bond donors (Lipinski definition) is 3. The molecule has 4 N–H and O–H groups in total. The van der Waals surface area contributed by atoms with Crippen molar-refractivity contribution in [2.75, 3.05) is 10.6 Å². The second kappa shape index (κ2) is 6.05. The van der Waals surface area contributed by atoms with Crippen molar-refractivity contribution in [2.24, 2.45) is 11.7 Å². The van der Waals surface area contributed by atoms with Gasteiger partial charge in [0.25, 0.3) is 0 Å². The molecule has 1 aliphatic carbocycles. The maximum absolute atomic E-state index is 11.9. The molecule has 0 aromatic heterocycles. The number of nitrogens with one attached hydrogen (secondary N) is 2. The molecule has 0 spiro atoms. The van der Waals surface area contributed by atoms with Gasteiger partial charge in [-0.1, -0.05) is 0 Å². The average molecular weight is 275 g/mol. The Morgan fingerprint density at radius 2 is 2.05 bits per heavy atom. The van der Waals surface area contributed by atoms with Gasteiger partial charge in [-0.3, -0.25) is 9.59 Å². The molecule has 0 aliphatic heterocycles. The van der Waals surface area contributed by atoms with E-state index in [1.54, 1.807) is 12.1 Å². The Kier molecular flexibility index (Phi) is 4.39. The minimum Gasteiger partial charge on any atom is -0.327 e.